The summed E-state index contributed by atoms with van der Waals surface area (Å²) in [6, 6.07) is 0.376. The summed E-state index contributed by atoms with van der Waals surface area (Å²) in [7, 11) is 0. The fraction of sp³-hybridized carbons (Fsp3) is 1.00. The van der Waals surface area contributed by atoms with E-state index >= 15 is 0 Å². The second-order valence-corrected chi connectivity index (χ2v) is 2.48. The number of morpholine rings is 1. The maximum absolute atomic E-state index is 5.41. The zero-order chi connectivity index (χ0) is 6.69. The van der Waals surface area contributed by atoms with Crippen LogP contribution in [-0.4, -0.2) is 31.8 Å². The minimum Gasteiger partial charge on any atom is -0.376 e. The molecule has 2 atom stereocenters. The predicted molar refractivity (Wildman–Crippen MR) is 36.3 cm³/mol. The molecule has 1 aliphatic heterocycles. The number of nitrogens with two attached hydrogens (primary N) is 1. The van der Waals surface area contributed by atoms with Crippen LogP contribution in [0.25, 0.3) is 0 Å². The van der Waals surface area contributed by atoms with Crippen molar-refractivity contribution in [1.82, 2.24) is 5.32 Å². The maximum Gasteiger partial charge on any atom is 0.0672 e. The van der Waals surface area contributed by atoms with Gasteiger partial charge in [-0.2, -0.15) is 0 Å². The van der Waals surface area contributed by atoms with Gasteiger partial charge in [-0.25, -0.2) is 0 Å². The van der Waals surface area contributed by atoms with Crippen molar-refractivity contribution in [1.29, 1.82) is 0 Å². The van der Waals surface area contributed by atoms with Crippen molar-refractivity contribution in [2.45, 2.75) is 19.1 Å². The second-order valence-electron chi connectivity index (χ2n) is 2.48. The molecule has 1 rings (SSSR count). The van der Waals surface area contributed by atoms with Gasteiger partial charge in [0.25, 0.3) is 0 Å². The van der Waals surface area contributed by atoms with Crippen LogP contribution in [0.15, 0.2) is 0 Å². The molecule has 3 N–H and O–H groups in total. The van der Waals surface area contributed by atoms with Gasteiger partial charge < -0.3 is 15.8 Å². The maximum atomic E-state index is 5.41. The van der Waals surface area contributed by atoms with E-state index in [4.69, 9.17) is 10.5 Å². The minimum atomic E-state index is 0.354. The van der Waals surface area contributed by atoms with Crippen LogP contribution in [0.3, 0.4) is 0 Å². The Bertz CT molecular complexity index is 79.1. The lowest BCUT2D eigenvalue weighted by Gasteiger charge is -2.27. The molecule has 0 aromatic carbocycles. The summed E-state index contributed by atoms with van der Waals surface area (Å²) in [5.74, 6) is 0. The number of hydrogen-bond acceptors (Lipinski definition) is 3. The molecule has 0 aromatic rings. The Balaban J connectivity index is 2.18. The first kappa shape index (κ1) is 6.99. The van der Waals surface area contributed by atoms with Gasteiger partial charge >= 0.3 is 0 Å². The molecule has 0 amide bonds. The number of hydrogen-bond donors (Lipinski definition) is 2. The van der Waals surface area contributed by atoms with Crippen molar-refractivity contribution in [3.63, 3.8) is 0 Å². The molecule has 0 saturated carbocycles. The van der Waals surface area contributed by atoms with E-state index < -0.39 is 0 Å². The quantitative estimate of drug-likeness (QED) is 0.494. The van der Waals surface area contributed by atoms with Crippen molar-refractivity contribution < 1.29 is 4.74 Å². The topological polar surface area (TPSA) is 47.3 Å². The lowest BCUT2D eigenvalue weighted by atomic mass is 10.2. The van der Waals surface area contributed by atoms with Crippen LogP contribution < -0.4 is 11.1 Å². The molecule has 3 heteroatoms. The molecule has 2 unspecified atom stereocenters. The standard InChI is InChI=1S/C6H14N2O/c1-5-3-8-6(2-7)4-9-5/h5-6,8H,2-4,7H2,1H3. The van der Waals surface area contributed by atoms with Gasteiger partial charge in [0.05, 0.1) is 12.7 Å². The lowest BCUT2D eigenvalue weighted by Crippen LogP contribution is -2.48. The summed E-state index contributed by atoms with van der Waals surface area (Å²) >= 11 is 0. The fourth-order valence-electron chi connectivity index (χ4n) is 0.882. The summed E-state index contributed by atoms with van der Waals surface area (Å²) in [6.45, 7) is 4.42. The molecule has 0 radical (unpaired) electrons. The molecule has 1 saturated heterocycles. The zero-order valence-electron chi connectivity index (χ0n) is 5.76. The highest BCUT2D eigenvalue weighted by Gasteiger charge is 2.15. The molecule has 1 fully saturated rings. The van der Waals surface area contributed by atoms with Crippen LogP contribution in [0.1, 0.15) is 6.92 Å². The Morgan fingerprint density at radius 2 is 2.56 bits per heavy atom. The third-order valence-electron chi connectivity index (χ3n) is 1.56. The van der Waals surface area contributed by atoms with E-state index in [0.717, 1.165) is 13.2 Å². The van der Waals surface area contributed by atoms with E-state index in [9.17, 15) is 0 Å². The molecule has 1 heterocycles. The largest absolute Gasteiger partial charge is 0.376 e. The molecule has 0 spiro atoms. The fourth-order valence-corrected chi connectivity index (χ4v) is 0.882. The molecule has 0 bridgehead atoms. The molecule has 9 heavy (non-hydrogen) atoms. The van der Waals surface area contributed by atoms with E-state index in [1.165, 1.54) is 0 Å². The Kier molecular flexibility index (Phi) is 2.45. The molecular weight excluding hydrogens is 116 g/mol. The van der Waals surface area contributed by atoms with Gasteiger partial charge in [-0.15, -0.1) is 0 Å². The predicted octanol–water partition coefficient (Wildman–Crippen LogP) is -0.678. The minimum absolute atomic E-state index is 0.354. The summed E-state index contributed by atoms with van der Waals surface area (Å²) < 4.78 is 5.34. The van der Waals surface area contributed by atoms with Crippen LogP contribution in [0, 0.1) is 0 Å². The van der Waals surface area contributed by atoms with Crippen LogP contribution >= 0.6 is 0 Å². The van der Waals surface area contributed by atoms with Crippen LogP contribution in [0.5, 0.6) is 0 Å². The van der Waals surface area contributed by atoms with Gasteiger partial charge in [0, 0.05) is 19.1 Å². The van der Waals surface area contributed by atoms with E-state index in [0.29, 0.717) is 18.7 Å². The van der Waals surface area contributed by atoms with E-state index in [1.807, 2.05) is 0 Å². The summed E-state index contributed by atoms with van der Waals surface area (Å²) in [4.78, 5) is 0. The monoisotopic (exact) mass is 130 g/mol. The smallest absolute Gasteiger partial charge is 0.0672 e. The molecular formula is C6H14N2O. The molecule has 3 nitrogen and oxygen atoms in total. The highest BCUT2D eigenvalue weighted by molar-refractivity contribution is 4.73. The normalized spacial score (nSPS) is 36.7. The van der Waals surface area contributed by atoms with E-state index in [2.05, 4.69) is 12.2 Å². The third kappa shape index (κ3) is 1.93. The molecule has 1 aliphatic rings. The average Bonchev–Trinajstić information content (AvgIpc) is 1.90. The van der Waals surface area contributed by atoms with Gasteiger partial charge in [0.1, 0.15) is 0 Å². The number of ether oxygens (including phenoxy) is 1. The van der Waals surface area contributed by atoms with Crippen LogP contribution in [0.4, 0.5) is 0 Å². The van der Waals surface area contributed by atoms with Crippen molar-refractivity contribution in [2.75, 3.05) is 19.7 Å². The van der Waals surface area contributed by atoms with Crippen molar-refractivity contribution in [2.24, 2.45) is 5.73 Å². The van der Waals surface area contributed by atoms with Crippen molar-refractivity contribution in [3.8, 4) is 0 Å². The Morgan fingerprint density at radius 1 is 1.78 bits per heavy atom. The SMILES string of the molecule is CC1CNC(CN)CO1. The molecule has 0 aliphatic carbocycles. The Morgan fingerprint density at radius 3 is 3.00 bits per heavy atom. The summed E-state index contributed by atoms with van der Waals surface area (Å²) in [5, 5.41) is 3.27. The first-order valence-electron chi connectivity index (χ1n) is 3.38. The van der Waals surface area contributed by atoms with Gasteiger partial charge in [0.2, 0.25) is 0 Å². The van der Waals surface area contributed by atoms with Gasteiger partial charge in [-0.1, -0.05) is 0 Å². The number of nitrogens with one attached hydrogen (secondary N) is 1. The number of rotatable bonds is 1. The van der Waals surface area contributed by atoms with Gasteiger partial charge in [-0.05, 0) is 6.92 Å². The second kappa shape index (κ2) is 3.15. The zero-order valence-corrected chi connectivity index (χ0v) is 5.76. The summed E-state index contributed by atoms with van der Waals surface area (Å²) in [6.07, 6.45) is 0.354. The Labute approximate surface area is 55.6 Å². The van der Waals surface area contributed by atoms with Crippen LogP contribution in [-0.2, 0) is 4.74 Å². The first-order valence-corrected chi connectivity index (χ1v) is 3.38. The highest BCUT2D eigenvalue weighted by atomic mass is 16.5. The third-order valence-corrected chi connectivity index (χ3v) is 1.56. The van der Waals surface area contributed by atoms with E-state index in [1.54, 1.807) is 0 Å². The Hall–Kier alpha value is -0.120. The first-order chi connectivity index (χ1) is 4.33. The highest BCUT2D eigenvalue weighted by Crippen LogP contribution is 1.97. The van der Waals surface area contributed by atoms with E-state index in [-0.39, 0.29) is 0 Å². The van der Waals surface area contributed by atoms with Crippen molar-refractivity contribution in [3.05, 3.63) is 0 Å². The lowest BCUT2D eigenvalue weighted by molar-refractivity contribution is 0.0175. The summed E-state index contributed by atoms with van der Waals surface area (Å²) in [5.41, 5.74) is 5.41. The molecule has 54 valence electrons. The molecule has 0 aromatic heterocycles. The average molecular weight is 130 g/mol. The van der Waals surface area contributed by atoms with Crippen molar-refractivity contribution >= 4 is 0 Å². The van der Waals surface area contributed by atoms with Crippen LogP contribution in [0.2, 0.25) is 0 Å². The van der Waals surface area contributed by atoms with Gasteiger partial charge in [0.15, 0.2) is 0 Å². The van der Waals surface area contributed by atoms with Gasteiger partial charge in [-0.3, -0.25) is 0 Å².